The fraction of sp³-hybridized carbons (Fsp3) is 0.474. The fourth-order valence-electron chi connectivity index (χ4n) is 3.64. The van der Waals surface area contributed by atoms with E-state index in [-0.39, 0.29) is 16.0 Å². The number of nitrogens with zero attached hydrogens (tertiary/aromatic N) is 2. The minimum Gasteiger partial charge on any atom is -0.497 e. The van der Waals surface area contributed by atoms with E-state index in [0.717, 1.165) is 25.1 Å². The van der Waals surface area contributed by atoms with Gasteiger partial charge in [0.2, 0.25) is 0 Å². The number of rotatable bonds is 5. The van der Waals surface area contributed by atoms with Crippen LogP contribution < -0.4 is 15.6 Å². The number of methoxy groups -OCH3 is 1. The highest BCUT2D eigenvalue weighted by molar-refractivity contribution is 6.32. The molecular formula is C19H24ClN3O2. The van der Waals surface area contributed by atoms with Gasteiger partial charge in [-0.2, -0.15) is 5.10 Å². The number of benzene rings is 1. The first kappa shape index (κ1) is 17.8. The van der Waals surface area contributed by atoms with Crippen LogP contribution in [0.1, 0.15) is 37.7 Å². The number of anilines is 1. The molecule has 1 saturated carbocycles. The second kappa shape index (κ2) is 7.48. The van der Waals surface area contributed by atoms with Crippen molar-refractivity contribution in [2.75, 3.05) is 19.0 Å². The molecule has 0 unspecified atom stereocenters. The van der Waals surface area contributed by atoms with Gasteiger partial charge in [0.25, 0.3) is 5.56 Å². The van der Waals surface area contributed by atoms with Gasteiger partial charge in [-0.25, -0.2) is 4.68 Å². The number of hydrogen-bond donors (Lipinski definition) is 1. The molecule has 5 nitrogen and oxygen atoms in total. The van der Waals surface area contributed by atoms with Gasteiger partial charge in [0, 0.05) is 19.0 Å². The zero-order chi connectivity index (χ0) is 17.9. The molecule has 0 bridgehead atoms. The van der Waals surface area contributed by atoms with Crippen LogP contribution in [-0.4, -0.2) is 23.4 Å². The summed E-state index contributed by atoms with van der Waals surface area (Å²) in [7, 11) is 3.27. The van der Waals surface area contributed by atoms with Crippen LogP contribution in [0, 0.1) is 0 Å². The molecule has 0 atom stereocenters. The first-order valence-corrected chi connectivity index (χ1v) is 9.04. The summed E-state index contributed by atoms with van der Waals surface area (Å²) in [6.45, 7) is 0.730. The van der Waals surface area contributed by atoms with Gasteiger partial charge in [-0.3, -0.25) is 4.79 Å². The van der Waals surface area contributed by atoms with E-state index in [2.05, 4.69) is 22.5 Å². The number of aryl methyl sites for hydroxylation is 1. The molecule has 1 heterocycles. The molecule has 1 aromatic heterocycles. The van der Waals surface area contributed by atoms with E-state index in [1.54, 1.807) is 20.4 Å². The first-order chi connectivity index (χ1) is 12.1. The van der Waals surface area contributed by atoms with E-state index in [1.165, 1.54) is 29.5 Å². The zero-order valence-corrected chi connectivity index (χ0v) is 15.5. The lowest BCUT2D eigenvalue weighted by Gasteiger charge is -2.38. The lowest BCUT2D eigenvalue weighted by atomic mass is 9.69. The molecule has 134 valence electrons. The van der Waals surface area contributed by atoms with Crippen LogP contribution >= 0.6 is 11.6 Å². The predicted molar refractivity (Wildman–Crippen MR) is 101 cm³/mol. The Bertz CT molecular complexity index is 780. The maximum absolute atomic E-state index is 12.0. The van der Waals surface area contributed by atoms with Crippen molar-refractivity contribution in [1.82, 2.24) is 9.78 Å². The van der Waals surface area contributed by atoms with Gasteiger partial charge in [-0.1, -0.05) is 43.0 Å². The number of ether oxygens (including phenoxy) is 1. The monoisotopic (exact) mass is 361 g/mol. The number of hydrogen-bond acceptors (Lipinski definition) is 4. The Balaban J connectivity index is 1.86. The average molecular weight is 362 g/mol. The fourth-order valence-corrected chi connectivity index (χ4v) is 3.88. The summed E-state index contributed by atoms with van der Waals surface area (Å²) in [5.41, 5.74) is 1.65. The molecular weight excluding hydrogens is 338 g/mol. The van der Waals surface area contributed by atoms with Crippen molar-refractivity contribution in [3.8, 4) is 5.75 Å². The molecule has 1 N–H and O–H groups in total. The van der Waals surface area contributed by atoms with Crippen LogP contribution in [-0.2, 0) is 12.5 Å². The Labute approximate surface area is 153 Å². The van der Waals surface area contributed by atoms with E-state index in [0.29, 0.717) is 5.69 Å². The summed E-state index contributed by atoms with van der Waals surface area (Å²) in [6, 6.07) is 8.32. The number of nitrogens with one attached hydrogen (secondary N) is 1. The Morgan fingerprint density at radius 1 is 1.24 bits per heavy atom. The number of halogens is 1. The third-order valence-corrected chi connectivity index (χ3v) is 5.57. The normalized spacial score (nSPS) is 16.4. The molecule has 0 amide bonds. The highest BCUT2D eigenvalue weighted by atomic mass is 35.5. The van der Waals surface area contributed by atoms with Crippen molar-refractivity contribution in [2.24, 2.45) is 7.05 Å². The third kappa shape index (κ3) is 3.66. The zero-order valence-electron chi connectivity index (χ0n) is 14.7. The minimum atomic E-state index is -0.284. The summed E-state index contributed by atoms with van der Waals surface area (Å²) >= 11 is 6.19. The Morgan fingerprint density at radius 3 is 2.56 bits per heavy atom. The van der Waals surface area contributed by atoms with Crippen molar-refractivity contribution >= 4 is 17.3 Å². The molecule has 25 heavy (non-hydrogen) atoms. The van der Waals surface area contributed by atoms with Crippen molar-refractivity contribution in [3.63, 3.8) is 0 Å². The van der Waals surface area contributed by atoms with Gasteiger partial charge in [-0.05, 0) is 30.5 Å². The molecule has 1 fully saturated rings. The highest BCUT2D eigenvalue weighted by Gasteiger charge is 2.34. The lowest BCUT2D eigenvalue weighted by molar-refractivity contribution is 0.307. The summed E-state index contributed by atoms with van der Waals surface area (Å²) in [5, 5.41) is 7.63. The molecule has 0 aliphatic heterocycles. The van der Waals surface area contributed by atoms with Crippen LogP contribution in [0.2, 0.25) is 5.02 Å². The highest BCUT2D eigenvalue weighted by Crippen LogP contribution is 2.40. The summed E-state index contributed by atoms with van der Waals surface area (Å²) in [5.74, 6) is 0.862. The van der Waals surface area contributed by atoms with E-state index in [9.17, 15) is 4.79 Å². The summed E-state index contributed by atoms with van der Waals surface area (Å²) in [4.78, 5) is 12.0. The maximum Gasteiger partial charge on any atom is 0.287 e. The van der Waals surface area contributed by atoms with Gasteiger partial charge in [0.15, 0.2) is 0 Å². The molecule has 0 spiro atoms. The van der Waals surface area contributed by atoms with Crippen LogP contribution in [0.15, 0.2) is 35.3 Å². The minimum absolute atomic E-state index is 0.0366. The second-order valence-electron chi connectivity index (χ2n) is 6.72. The predicted octanol–water partition coefficient (Wildman–Crippen LogP) is 3.76. The van der Waals surface area contributed by atoms with Crippen LogP contribution in [0.3, 0.4) is 0 Å². The number of aromatic nitrogens is 2. The van der Waals surface area contributed by atoms with Crippen LogP contribution in [0.4, 0.5) is 5.69 Å². The molecule has 0 saturated heterocycles. The first-order valence-electron chi connectivity index (χ1n) is 8.66. The van der Waals surface area contributed by atoms with Gasteiger partial charge in [0.05, 0.1) is 19.0 Å². The topological polar surface area (TPSA) is 56.1 Å². The van der Waals surface area contributed by atoms with Gasteiger partial charge in [-0.15, -0.1) is 0 Å². The van der Waals surface area contributed by atoms with Crippen molar-refractivity contribution < 1.29 is 4.74 Å². The molecule has 3 rings (SSSR count). The summed E-state index contributed by atoms with van der Waals surface area (Å²) < 4.78 is 6.52. The smallest absolute Gasteiger partial charge is 0.287 e. The Kier molecular flexibility index (Phi) is 5.33. The van der Waals surface area contributed by atoms with Crippen molar-refractivity contribution in [3.05, 3.63) is 51.4 Å². The average Bonchev–Trinajstić information content (AvgIpc) is 2.66. The molecule has 0 radical (unpaired) electrons. The quantitative estimate of drug-likeness (QED) is 0.881. The second-order valence-corrected chi connectivity index (χ2v) is 7.10. The largest absolute Gasteiger partial charge is 0.497 e. The van der Waals surface area contributed by atoms with E-state index >= 15 is 0 Å². The van der Waals surface area contributed by atoms with Crippen molar-refractivity contribution in [1.29, 1.82) is 0 Å². The molecule has 2 aromatic rings. The Morgan fingerprint density at radius 2 is 1.92 bits per heavy atom. The molecule has 1 aliphatic carbocycles. The van der Waals surface area contributed by atoms with E-state index < -0.39 is 0 Å². The van der Waals surface area contributed by atoms with E-state index in [4.69, 9.17) is 16.3 Å². The molecule has 1 aromatic carbocycles. The third-order valence-electron chi connectivity index (χ3n) is 5.21. The SMILES string of the molecule is COc1ccc(C2(CNc3cnn(C)c(=O)c3Cl)CCCCC2)cc1. The van der Waals surface area contributed by atoms with Gasteiger partial charge in [0.1, 0.15) is 10.8 Å². The Hall–Kier alpha value is -2.01. The van der Waals surface area contributed by atoms with Gasteiger partial charge < -0.3 is 10.1 Å². The van der Waals surface area contributed by atoms with Crippen molar-refractivity contribution in [2.45, 2.75) is 37.5 Å². The summed E-state index contributed by atoms with van der Waals surface area (Å²) in [6.07, 6.45) is 7.53. The van der Waals surface area contributed by atoms with Gasteiger partial charge >= 0.3 is 0 Å². The lowest BCUT2D eigenvalue weighted by Crippen LogP contribution is -2.37. The molecule has 1 aliphatic rings. The van der Waals surface area contributed by atoms with Crippen LogP contribution in [0.25, 0.3) is 0 Å². The molecule has 6 heteroatoms. The maximum atomic E-state index is 12.0. The van der Waals surface area contributed by atoms with Crippen LogP contribution in [0.5, 0.6) is 5.75 Å². The van der Waals surface area contributed by atoms with E-state index in [1.807, 2.05) is 12.1 Å². The standard InChI is InChI=1S/C19H24ClN3O2/c1-23-18(24)17(20)16(12-22-23)21-13-19(10-4-3-5-11-19)14-6-8-15(25-2)9-7-14/h6-9,12,21H,3-5,10-11,13H2,1-2H3.